The predicted octanol–water partition coefficient (Wildman–Crippen LogP) is 5.69. The quantitative estimate of drug-likeness (QED) is 0.263. The average molecular weight is 428 g/mol. The van der Waals surface area contributed by atoms with E-state index in [9.17, 15) is 14.9 Å². The van der Waals surface area contributed by atoms with Crippen LogP contribution < -0.4 is 4.74 Å². The highest BCUT2D eigenvalue weighted by atomic mass is 16.6. The van der Waals surface area contributed by atoms with Gasteiger partial charge in [-0.05, 0) is 40.8 Å². The highest BCUT2D eigenvalue weighted by molar-refractivity contribution is 5.69. The second kappa shape index (κ2) is 10.1. The lowest BCUT2D eigenvalue weighted by Crippen LogP contribution is -2.37. The zero-order valence-corrected chi connectivity index (χ0v) is 17.7. The van der Waals surface area contributed by atoms with Crippen molar-refractivity contribution in [2.75, 3.05) is 0 Å². The number of ether oxygens (including phenoxy) is 1. The Labute approximate surface area is 187 Å². The fraction of sp³-hybridized carbons (Fsp3) is 0.222. The van der Waals surface area contributed by atoms with Crippen molar-refractivity contribution in [2.45, 2.75) is 31.4 Å². The fourth-order valence-electron chi connectivity index (χ4n) is 4.44. The maximum absolute atomic E-state index is 12.0. The first-order valence-electron chi connectivity index (χ1n) is 10.8. The predicted molar refractivity (Wildman–Crippen MR) is 124 cm³/mol. The van der Waals surface area contributed by atoms with E-state index in [1.807, 2.05) is 91.0 Å². The number of nitrogens with zero attached hydrogens (tertiary/aromatic N) is 1. The monoisotopic (exact) mass is 427 g/mol. The fourth-order valence-corrected chi connectivity index (χ4v) is 4.44. The molecular formula is C27H25NO4. The van der Waals surface area contributed by atoms with Gasteiger partial charge in [0, 0.05) is 11.3 Å². The molecule has 0 saturated carbocycles. The number of allylic oxidation sites excluding steroid dienone is 1. The van der Waals surface area contributed by atoms with E-state index < -0.39 is 12.0 Å². The number of carbonyl (C=O) groups excluding carboxylic acids is 1. The second-order valence-corrected chi connectivity index (χ2v) is 8.05. The van der Waals surface area contributed by atoms with Gasteiger partial charge < -0.3 is 9.53 Å². The standard InChI is InChI=1S/C27H25NO4/c29-16-15-23-17-24(21-9-5-2-6-10-21)18-26(27(23)28(30)31)22-11-13-25(14-12-22)32-19-20-7-3-1-4-8-20/h1-14,16-17,23,26-27H,15,18-19H2/t23-,26-,27+/m1/s1. The molecule has 4 rings (SSSR count). The Morgan fingerprint density at radius 3 is 2.22 bits per heavy atom. The molecule has 0 fully saturated rings. The SMILES string of the molecule is O=CC[C@@H]1C=C(c2ccccc2)C[C@H](c2ccc(OCc3ccccc3)cc2)[C@H]1[N+](=O)[O-]. The molecule has 3 atom stereocenters. The zero-order valence-electron chi connectivity index (χ0n) is 17.7. The van der Waals surface area contributed by atoms with Crippen LogP contribution in [0.15, 0.2) is 91.0 Å². The van der Waals surface area contributed by atoms with Gasteiger partial charge >= 0.3 is 0 Å². The number of benzene rings is 3. The number of hydrogen-bond donors (Lipinski definition) is 0. The summed E-state index contributed by atoms with van der Waals surface area (Å²) in [6, 6.07) is 26.5. The zero-order chi connectivity index (χ0) is 22.3. The van der Waals surface area contributed by atoms with E-state index in [1.54, 1.807) is 0 Å². The number of aldehydes is 1. The summed E-state index contributed by atoms with van der Waals surface area (Å²) < 4.78 is 5.87. The molecule has 0 aromatic heterocycles. The van der Waals surface area contributed by atoms with Gasteiger partial charge in [-0.15, -0.1) is 0 Å². The summed E-state index contributed by atoms with van der Waals surface area (Å²) in [6.07, 6.45) is 3.39. The second-order valence-electron chi connectivity index (χ2n) is 8.05. The molecule has 0 spiro atoms. The molecule has 32 heavy (non-hydrogen) atoms. The Kier molecular flexibility index (Phi) is 6.75. The maximum atomic E-state index is 12.0. The molecule has 162 valence electrons. The third-order valence-corrected chi connectivity index (χ3v) is 6.02. The molecule has 0 heterocycles. The van der Waals surface area contributed by atoms with Gasteiger partial charge in [0.05, 0.1) is 11.8 Å². The van der Waals surface area contributed by atoms with Crippen LogP contribution in [0.25, 0.3) is 5.57 Å². The molecule has 3 aromatic rings. The summed E-state index contributed by atoms with van der Waals surface area (Å²) >= 11 is 0. The lowest BCUT2D eigenvalue weighted by Gasteiger charge is -2.31. The highest BCUT2D eigenvalue weighted by Gasteiger charge is 2.42. The number of rotatable bonds is 8. The maximum Gasteiger partial charge on any atom is 0.226 e. The van der Waals surface area contributed by atoms with Crippen LogP contribution in [0.5, 0.6) is 5.75 Å². The summed E-state index contributed by atoms with van der Waals surface area (Å²) in [5, 5.41) is 12.0. The summed E-state index contributed by atoms with van der Waals surface area (Å²) in [5.74, 6) is -0.0434. The minimum Gasteiger partial charge on any atom is -0.489 e. The number of nitro groups is 1. The van der Waals surface area contributed by atoms with Crippen LogP contribution >= 0.6 is 0 Å². The van der Waals surface area contributed by atoms with Gasteiger partial charge in [0.2, 0.25) is 6.04 Å². The van der Waals surface area contributed by atoms with Crippen molar-refractivity contribution in [3.05, 3.63) is 118 Å². The summed E-state index contributed by atoms with van der Waals surface area (Å²) in [4.78, 5) is 23.1. The van der Waals surface area contributed by atoms with Gasteiger partial charge in [-0.25, -0.2) is 0 Å². The van der Waals surface area contributed by atoms with Crippen LogP contribution in [0.3, 0.4) is 0 Å². The van der Waals surface area contributed by atoms with E-state index in [0.29, 0.717) is 18.8 Å². The van der Waals surface area contributed by atoms with Crippen molar-refractivity contribution in [1.29, 1.82) is 0 Å². The smallest absolute Gasteiger partial charge is 0.226 e. The van der Waals surface area contributed by atoms with E-state index in [2.05, 4.69) is 0 Å². The molecular weight excluding hydrogens is 402 g/mol. The normalized spacial score (nSPS) is 20.2. The van der Waals surface area contributed by atoms with Gasteiger partial charge in [-0.1, -0.05) is 78.9 Å². The molecule has 0 N–H and O–H groups in total. The van der Waals surface area contributed by atoms with Crippen LogP contribution in [0.2, 0.25) is 0 Å². The molecule has 5 nitrogen and oxygen atoms in total. The van der Waals surface area contributed by atoms with E-state index in [0.717, 1.165) is 28.5 Å². The van der Waals surface area contributed by atoms with E-state index in [1.165, 1.54) is 0 Å². The van der Waals surface area contributed by atoms with Crippen molar-refractivity contribution in [1.82, 2.24) is 0 Å². The van der Waals surface area contributed by atoms with E-state index in [-0.39, 0.29) is 17.3 Å². The van der Waals surface area contributed by atoms with Crippen molar-refractivity contribution in [2.24, 2.45) is 5.92 Å². The van der Waals surface area contributed by atoms with Crippen LogP contribution in [0, 0.1) is 16.0 Å². The summed E-state index contributed by atoms with van der Waals surface area (Å²) in [6.45, 7) is 0.462. The molecule has 0 saturated heterocycles. The topological polar surface area (TPSA) is 69.4 Å². The average Bonchev–Trinajstić information content (AvgIpc) is 2.84. The Morgan fingerprint density at radius 1 is 0.938 bits per heavy atom. The molecule has 3 aromatic carbocycles. The highest BCUT2D eigenvalue weighted by Crippen LogP contribution is 2.42. The minimum absolute atomic E-state index is 0.136. The van der Waals surface area contributed by atoms with Crippen LogP contribution in [-0.2, 0) is 11.4 Å². The van der Waals surface area contributed by atoms with E-state index in [4.69, 9.17) is 4.74 Å². The molecule has 0 bridgehead atoms. The number of hydrogen-bond acceptors (Lipinski definition) is 4. The Bertz CT molecular complexity index is 1080. The van der Waals surface area contributed by atoms with Gasteiger partial charge in [-0.2, -0.15) is 0 Å². The first kappa shape index (κ1) is 21.5. The first-order chi connectivity index (χ1) is 15.7. The lowest BCUT2D eigenvalue weighted by molar-refractivity contribution is -0.534. The Balaban J connectivity index is 1.59. The van der Waals surface area contributed by atoms with Gasteiger partial charge in [0.15, 0.2) is 0 Å². The van der Waals surface area contributed by atoms with Gasteiger partial charge in [-0.3, -0.25) is 10.1 Å². The number of carbonyl (C=O) groups is 1. The third-order valence-electron chi connectivity index (χ3n) is 6.02. The lowest BCUT2D eigenvalue weighted by atomic mass is 9.72. The summed E-state index contributed by atoms with van der Waals surface area (Å²) in [7, 11) is 0. The van der Waals surface area contributed by atoms with Crippen LogP contribution in [0.1, 0.15) is 35.4 Å². The summed E-state index contributed by atoms with van der Waals surface area (Å²) in [5.41, 5.74) is 4.05. The van der Waals surface area contributed by atoms with Crippen molar-refractivity contribution in [3.8, 4) is 5.75 Å². The Hall–Kier alpha value is -3.73. The largest absolute Gasteiger partial charge is 0.489 e. The molecule has 0 radical (unpaired) electrons. The van der Waals surface area contributed by atoms with E-state index >= 15 is 0 Å². The van der Waals surface area contributed by atoms with Crippen molar-refractivity contribution < 1.29 is 14.5 Å². The molecule has 0 amide bonds. The molecule has 0 aliphatic heterocycles. The van der Waals surface area contributed by atoms with Gasteiger partial charge in [0.1, 0.15) is 18.6 Å². The van der Waals surface area contributed by atoms with Crippen LogP contribution in [-0.4, -0.2) is 17.3 Å². The molecule has 1 aliphatic carbocycles. The molecule has 0 unspecified atom stereocenters. The first-order valence-corrected chi connectivity index (χ1v) is 10.8. The van der Waals surface area contributed by atoms with Crippen LogP contribution in [0.4, 0.5) is 0 Å². The Morgan fingerprint density at radius 2 is 1.59 bits per heavy atom. The van der Waals surface area contributed by atoms with Gasteiger partial charge in [0.25, 0.3) is 0 Å². The van der Waals surface area contributed by atoms with Crippen molar-refractivity contribution >= 4 is 11.9 Å². The third kappa shape index (κ3) is 4.94. The minimum atomic E-state index is -0.844. The molecule has 1 aliphatic rings. The molecule has 5 heteroatoms. The van der Waals surface area contributed by atoms with Crippen molar-refractivity contribution in [3.63, 3.8) is 0 Å².